The van der Waals surface area contributed by atoms with Gasteiger partial charge in [0.15, 0.2) is 22.5 Å². The second kappa shape index (κ2) is 11.0. The van der Waals surface area contributed by atoms with Crippen LogP contribution in [0.5, 0.6) is 11.5 Å². The number of methoxy groups -OCH3 is 2. The van der Waals surface area contributed by atoms with Crippen molar-refractivity contribution in [1.29, 1.82) is 0 Å². The zero-order valence-corrected chi connectivity index (χ0v) is 19.9. The van der Waals surface area contributed by atoms with Crippen LogP contribution in [0.2, 0.25) is 0 Å². The van der Waals surface area contributed by atoms with Crippen LogP contribution in [0.1, 0.15) is 32.3 Å². The van der Waals surface area contributed by atoms with Gasteiger partial charge in [-0.05, 0) is 50.1 Å². The highest BCUT2D eigenvalue weighted by Crippen LogP contribution is 2.36. The van der Waals surface area contributed by atoms with Gasteiger partial charge in [-0.25, -0.2) is 0 Å². The normalized spacial score (nSPS) is 11.8. The van der Waals surface area contributed by atoms with E-state index in [4.69, 9.17) is 14.2 Å². The van der Waals surface area contributed by atoms with Crippen molar-refractivity contribution in [3.63, 3.8) is 0 Å². The lowest BCUT2D eigenvalue weighted by Gasteiger charge is -2.17. The summed E-state index contributed by atoms with van der Waals surface area (Å²) in [7, 11) is 3.20. The number of rotatable bonds is 10. The maximum Gasteiger partial charge on any atom is 0.319 e. The minimum atomic E-state index is -0.356. The maximum absolute atomic E-state index is 12.6. The molecule has 0 fully saturated rings. The highest BCUT2D eigenvalue weighted by molar-refractivity contribution is 8.00. The monoisotopic (exact) mass is 455 g/mol. The molecule has 8 heteroatoms. The minimum absolute atomic E-state index is 0.230. The molecule has 32 heavy (non-hydrogen) atoms. The van der Waals surface area contributed by atoms with Crippen LogP contribution in [0.25, 0.3) is 17.1 Å². The highest BCUT2D eigenvalue weighted by Gasteiger charge is 2.26. The van der Waals surface area contributed by atoms with Gasteiger partial charge in [0.2, 0.25) is 0 Å². The third kappa shape index (κ3) is 5.07. The Morgan fingerprint density at radius 3 is 2.47 bits per heavy atom. The third-order valence-corrected chi connectivity index (χ3v) is 6.17. The van der Waals surface area contributed by atoms with E-state index in [1.165, 1.54) is 11.8 Å². The quantitative estimate of drug-likeness (QED) is 0.311. The van der Waals surface area contributed by atoms with E-state index >= 15 is 0 Å². The van der Waals surface area contributed by atoms with Crippen molar-refractivity contribution in [2.75, 3.05) is 20.8 Å². The summed E-state index contributed by atoms with van der Waals surface area (Å²) in [5.74, 6) is 1.67. The third-order valence-electron chi connectivity index (χ3n) is 4.98. The summed E-state index contributed by atoms with van der Waals surface area (Å²) in [6.45, 7) is 6.25. The summed E-state index contributed by atoms with van der Waals surface area (Å²) in [6, 6.07) is 13.7. The Labute approximate surface area is 193 Å². The number of ether oxygens (including phenoxy) is 3. The van der Waals surface area contributed by atoms with Crippen LogP contribution in [0.3, 0.4) is 0 Å². The molecule has 0 saturated heterocycles. The Balaban J connectivity index is 2.13. The number of nitrogens with zero attached hydrogens (tertiary/aromatic N) is 3. The second-order valence-corrected chi connectivity index (χ2v) is 8.31. The largest absolute Gasteiger partial charge is 0.493 e. The van der Waals surface area contributed by atoms with E-state index < -0.39 is 0 Å². The standard InChI is InChI=1S/C24H29N3O4S/c1-6-10-21(23(28)31-7-2)32-24-26-25-22(27(24)18-12-9-8-11-16(18)3)17-13-14-19(29-4)20(15-17)30-5/h8-9,11-15,21H,6-7,10H2,1-5H3/t21-/m0/s1. The van der Waals surface area contributed by atoms with E-state index in [1.807, 2.05) is 67.8 Å². The Morgan fingerprint density at radius 1 is 1.06 bits per heavy atom. The van der Waals surface area contributed by atoms with Crippen LogP contribution in [0, 0.1) is 6.92 Å². The van der Waals surface area contributed by atoms with Gasteiger partial charge < -0.3 is 14.2 Å². The van der Waals surface area contributed by atoms with E-state index in [-0.39, 0.29) is 11.2 Å². The number of benzene rings is 2. The number of hydrogen-bond acceptors (Lipinski definition) is 7. The molecule has 0 radical (unpaired) electrons. The lowest BCUT2D eigenvalue weighted by atomic mass is 10.1. The molecular weight excluding hydrogens is 426 g/mol. The molecule has 0 N–H and O–H groups in total. The van der Waals surface area contributed by atoms with Gasteiger partial charge in [0.05, 0.1) is 26.5 Å². The molecule has 3 rings (SSSR count). The number of carbonyl (C=O) groups is 1. The molecule has 0 aliphatic rings. The molecule has 7 nitrogen and oxygen atoms in total. The van der Waals surface area contributed by atoms with Crippen molar-refractivity contribution in [3.05, 3.63) is 48.0 Å². The lowest BCUT2D eigenvalue weighted by molar-refractivity contribution is -0.142. The van der Waals surface area contributed by atoms with Crippen molar-refractivity contribution >= 4 is 17.7 Å². The molecule has 0 aliphatic carbocycles. The van der Waals surface area contributed by atoms with Crippen LogP contribution in [0.4, 0.5) is 0 Å². The number of aryl methyl sites for hydroxylation is 1. The number of esters is 1. The fourth-order valence-corrected chi connectivity index (χ4v) is 4.54. The predicted molar refractivity (Wildman–Crippen MR) is 126 cm³/mol. The summed E-state index contributed by atoms with van der Waals surface area (Å²) in [5, 5.41) is 9.24. The average molecular weight is 456 g/mol. The average Bonchev–Trinajstić information content (AvgIpc) is 3.22. The first kappa shape index (κ1) is 23.7. The first-order valence-electron chi connectivity index (χ1n) is 10.6. The molecule has 1 heterocycles. The summed E-state index contributed by atoms with van der Waals surface area (Å²) in [4.78, 5) is 12.6. The molecule has 0 saturated carbocycles. The van der Waals surface area contributed by atoms with Gasteiger partial charge in [-0.15, -0.1) is 10.2 Å². The molecule has 1 atom stereocenters. The SMILES string of the molecule is CCC[C@H](Sc1nnc(-c2ccc(OC)c(OC)c2)n1-c1ccccc1C)C(=O)OCC. The predicted octanol–water partition coefficient (Wildman–Crippen LogP) is 5.08. The fourth-order valence-electron chi connectivity index (χ4n) is 3.39. The second-order valence-electron chi connectivity index (χ2n) is 7.15. The minimum Gasteiger partial charge on any atom is -0.493 e. The fraction of sp³-hybridized carbons (Fsp3) is 0.375. The van der Waals surface area contributed by atoms with Crippen LogP contribution in [-0.2, 0) is 9.53 Å². The van der Waals surface area contributed by atoms with Crippen molar-refractivity contribution in [2.24, 2.45) is 0 Å². The molecule has 0 bridgehead atoms. The molecule has 0 unspecified atom stereocenters. The van der Waals surface area contributed by atoms with Gasteiger partial charge >= 0.3 is 5.97 Å². The van der Waals surface area contributed by atoms with Crippen LogP contribution < -0.4 is 9.47 Å². The number of para-hydroxylation sites is 1. The van der Waals surface area contributed by atoms with E-state index in [1.54, 1.807) is 14.2 Å². The van der Waals surface area contributed by atoms with E-state index in [0.717, 1.165) is 23.2 Å². The maximum atomic E-state index is 12.6. The summed E-state index contributed by atoms with van der Waals surface area (Å²) in [6.07, 6.45) is 1.55. The Morgan fingerprint density at radius 2 is 1.81 bits per heavy atom. The Hall–Kier alpha value is -3.00. The van der Waals surface area contributed by atoms with Crippen molar-refractivity contribution in [2.45, 2.75) is 44.0 Å². The van der Waals surface area contributed by atoms with Crippen LogP contribution in [0.15, 0.2) is 47.6 Å². The number of aromatic nitrogens is 3. The van der Waals surface area contributed by atoms with Crippen molar-refractivity contribution < 1.29 is 19.0 Å². The van der Waals surface area contributed by atoms with Gasteiger partial charge in [-0.2, -0.15) is 0 Å². The van der Waals surface area contributed by atoms with Crippen molar-refractivity contribution in [3.8, 4) is 28.6 Å². The molecule has 1 aromatic heterocycles. The number of carbonyl (C=O) groups excluding carboxylic acids is 1. The van der Waals surface area contributed by atoms with E-state index in [2.05, 4.69) is 10.2 Å². The number of hydrogen-bond donors (Lipinski definition) is 0. The molecule has 0 aliphatic heterocycles. The van der Waals surface area contributed by atoms with E-state index in [9.17, 15) is 4.79 Å². The van der Waals surface area contributed by atoms with Gasteiger partial charge in [0, 0.05) is 5.56 Å². The Bertz CT molecular complexity index is 1070. The molecule has 2 aromatic carbocycles. The van der Waals surface area contributed by atoms with Gasteiger partial charge in [-0.3, -0.25) is 9.36 Å². The summed E-state index contributed by atoms with van der Waals surface area (Å²) >= 11 is 1.38. The molecule has 0 spiro atoms. The van der Waals surface area contributed by atoms with Gasteiger partial charge in [0.1, 0.15) is 5.25 Å². The highest BCUT2D eigenvalue weighted by atomic mass is 32.2. The lowest BCUT2D eigenvalue weighted by Crippen LogP contribution is -2.21. The topological polar surface area (TPSA) is 75.5 Å². The van der Waals surface area contributed by atoms with Crippen LogP contribution in [-0.4, -0.2) is 46.8 Å². The van der Waals surface area contributed by atoms with Crippen LogP contribution >= 0.6 is 11.8 Å². The van der Waals surface area contributed by atoms with E-state index in [0.29, 0.717) is 35.5 Å². The first-order valence-corrected chi connectivity index (χ1v) is 11.5. The molecule has 0 amide bonds. The Kier molecular flexibility index (Phi) is 8.16. The first-order chi connectivity index (χ1) is 15.5. The van der Waals surface area contributed by atoms with Crippen molar-refractivity contribution in [1.82, 2.24) is 14.8 Å². The molecular formula is C24H29N3O4S. The zero-order valence-electron chi connectivity index (χ0n) is 19.1. The summed E-state index contributed by atoms with van der Waals surface area (Å²) < 4.78 is 18.1. The smallest absolute Gasteiger partial charge is 0.319 e. The zero-order chi connectivity index (χ0) is 23.1. The number of thioether (sulfide) groups is 1. The van der Waals surface area contributed by atoms with Gasteiger partial charge in [-0.1, -0.05) is 43.3 Å². The molecule has 170 valence electrons. The molecule has 3 aromatic rings. The summed E-state index contributed by atoms with van der Waals surface area (Å²) in [5.41, 5.74) is 2.84. The van der Waals surface area contributed by atoms with Gasteiger partial charge in [0.25, 0.3) is 0 Å².